The van der Waals surface area contributed by atoms with E-state index in [1.54, 1.807) is 30.3 Å². The lowest BCUT2D eigenvalue weighted by Crippen LogP contribution is -2.12. The van der Waals surface area contributed by atoms with Gasteiger partial charge in [0.15, 0.2) is 0 Å². The largest absolute Gasteiger partial charge is 0.491 e. The smallest absolute Gasteiger partial charge is 0.255 e. The molecule has 0 bridgehead atoms. The highest BCUT2D eigenvalue weighted by molar-refractivity contribution is 6.31. The van der Waals surface area contributed by atoms with Crippen molar-refractivity contribution in [3.8, 4) is 5.75 Å². The first-order valence-electron chi connectivity index (χ1n) is 7.11. The molecule has 116 valence electrons. The topological polar surface area (TPSA) is 64.3 Å². The molecule has 0 atom stereocenters. The Hall–Kier alpha value is -2.20. The summed E-state index contributed by atoms with van der Waals surface area (Å²) < 4.78 is 5.49. The van der Waals surface area contributed by atoms with Gasteiger partial charge < -0.3 is 15.8 Å². The van der Waals surface area contributed by atoms with Gasteiger partial charge in [0, 0.05) is 16.3 Å². The number of benzene rings is 2. The zero-order valence-electron chi connectivity index (χ0n) is 12.7. The zero-order valence-corrected chi connectivity index (χ0v) is 13.4. The molecule has 0 aromatic heterocycles. The van der Waals surface area contributed by atoms with Crippen LogP contribution in [0.25, 0.3) is 0 Å². The highest BCUT2D eigenvalue weighted by Crippen LogP contribution is 2.24. The molecular weight excluding hydrogens is 300 g/mol. The van der Waals surface area contributed by atoms with E-state index in [0.717, 1.165) is 12.0 Å². The number of nitrogens with one attached hydrogen (secondary N) is 1. The Morgan fingerprint density at radius 3 is 2.68 bits per heavy atom. The summed E-state index contributed by atoms with van der Waals surface area (Å²) in [6.45, 7) is 4.52. The minimum atomic E-state index is -0.242. The van der Waals surface area contributed by atoms with E-state index in [1.165, 1.54) is 0 Å². The number of nitrogens with two attached hydrogens (primary N) is 1. The molecule has 0 radical (unpaired) electrons. The molecule has 2 rings (SSSR count). The lowest BCUT2D eigenvalue weighted by molar-refractivity contribution is 0.102. The molecule has 0 saturated heterocycles. The first-order valence-corrected chi connectivity index (χ1v) is 7.49. The van der Waals surface area contributed by atoms with E-state index in [-0.39, 0.29) is 5.91 Å². The maximum Gasteiger partial charge on any atom is 0.255 e. The van der Waals surface area contributed by atoms with Crippen LogP contribution in [0.3, 0.4) is 0 Å². The van der Waals surface area contributed by atoms with Crippen LogP contribution in [0.5, 0.6) is 5.75 Å². The van der Waals surface area contributed by atoms with Crippen molar-refractivity contribution in [1.82, 2.24) is 0 Å². The fourth-order valence-corrected chi connectivity index (χ4v) is 2.09. The van der Waals surface area contributed by atoms with E-state index in [9.17, 15) is 4.79 Å². The molecule has 0 aliphatic heterocycles. The SMILES string of the molecule is CCCOc1ccc(C(=O)Nc2ccc(C)c(Cl)c2)cc1N. The molecule has 0 spiro atoms. The molecule has 22 heavy (non-hydrogen) atoms. The number of carbonyl (C=O) groups excluding carboxylic acids is 1. The number of rotatable bonds is 5. The van der Waals surface area contributed by atoms with Gasteiger partial charge in [0.1, 0.15) is 5.75 Å². The van der Waals surface area contributed by atoms with E-state index in [1.807, 2.05) is 19.9 Å². The summed E-state index contributed by atoms with van der Waals surface area (Å²) in [7, 11) is 0. The van der Waals surface area contributed by atoms with Crippen molar-refractivity contribution in [2.45, 2.75) is 20.3 Å². The average molecular weight is 319 g/mol. The summed E-state index contributed by atoms with van der Waals surface area (Å²) in [6.07, 6.45) is 0.899. The Bertz CT molecular complexity index is 686. The Balaban J connectivity index is 2.12. The number of halogens is 1. The predicted molar refractivity (Wildman–Crippen MR) is 90.8 cm³/mol. The first kappa shape index (κ1) is 16.2. The van der Waals surface area contributed by atoms with Crippen molar-refractivity contribution in [2.75, 3.05) is 17.7 Å². The Labute approximate surface area is 135 Å². The quantitative estimate of drug-likeness (QED) is 0.809. The summed E-state index contributed by atoms with van der Waals surface area (Å²) in [5.41, 5.74) is 8.43. The van der Waals surface area contributed by atoms with Crippen molar-refractivity contribution in [3.05, 3.63) is 52.5 Å². The molecule has 0 fully saturated rings. The Kier molecular flexibility index (Phi) is 5.28. The number of hydrogen-bond donors (Lipinski definition) is 2. The van der Waals surface area contributed by atoms with Gasteiger partial charge in [-0.1, -0.05) is 24.6 Å². The minimum Gasteiger partial charge on any atom is -0.491 e. The fraction of sp³-hybridized carbons (Fsp3) is 0.235. The molecule has 1 amide bonds. The van der Waals surface area contributed by atoms with Gasteiger partial charge in [0.2, 0.25) is 0 Å². The standard InChI is InChI=1S/C17H19ClN2O2/c1-3-8-22-16-7-5-12(9-15(16)19)17(21)20-13-6-4-11(2)14(18)10-13/h4-7,9-10H,3,8,19H2,1-2H3,(H,20,21). The molecule has 0 heterocycles. The molecule has 4 nitrogen and oxygen atoms in total. The molecule has 0 aliphatic rings. The summed E-state index contributed by atoms with van der Waals surface area (Å²) in [6, 6.07) is 10.4. The number of hydrogen-bond acceptors (Lipinski definition) is 3. The summed E-state index contributed by atoms with van der Waals surface area (Å²) >= 11 is 6.05. The van der Waals surface area contributed by atoms with Crippen molar-refractivity contribution in [2.24, 2.45) is 0 Å². The number of carbonyl (C=O) groups is 1. The molecule has 3 N–H and O–H groups in total. The van der Waals surface area contributed by atoms with Crippen LogP contribution in [0.4, 0.5) is 11.4 Å². The van der Waals surface area contributed by atoms with Gasteiger partial charge in [0.05, 0.1) is 12.3 Å². The maximum absolute atomic E-state index is 12.2. The van der Waals surface area contributed by atoms with Crippen LogP contribution in [-0.4, -0.2) is 12.5 Å². The molecule has 2 aromatic carbocycles. The van der Waals surface area contributed by atoms with Crippen LogP contribution in [0, 0.1) is 6.92 Å². The van der Waals surface area contributed by atoms with Gasteiger partial charge in [0.25, 0.3) is 5.91 Å². The van der Waals surface area contributed by atoms with Crippen molar-refractivity contribution < 1.29 is 9.53 Å². The van der Waals surface area contributed by atoms with Crippen molar-refractivity contribution >= 4 is 28.9 Å². The van der Waals surface area contributed by atoms with Gasteiger partial charge in [-0.05, 0) is 49.2 Å². The Morgan fingerprint density at radius 1 is 1.27 bits per heavy atom. The molecule has 2 aromatic rings. The first-order chi connectivity index (χ1) is 10.5. The van der Waals surface area contributed by atoms with E-state index in [0.29, 0.717) is 34.3 Å². The number of ether oxygens (including phenoxy) is 1. The van der Waals surface area contributed by atoms with Crippen LogP contribution >= 0.6 is 11.6 Å². The normalized spacial score (nSPS) is 10.3. The van der Waals surface area contributed by atoms with Crippen molar-refractivity contribution in [1.29, 1.82) is 0 Å². The van der Waals surface area contributed by atoms with Gasteiger partial charge in [-0.2, -0.15) is 0 Å². The third-order valence-electron chi connectivity index (χ3n) is 3.16. The third-order valence-corrected chi connectivity index (χ3v) is 3.57. The lowest BCUT2D eigenvalue weighted by atomic mass is 10.1. The average Bonchev–Trinajstić information content (AvgIpc) is 2.49. The third kappa shape index (κ3) is 3.92. The zero-order chi connectivity index (χ0) is 16.1. The minimum absolute atomic E-state index is 0.242. The second-order valence-electron chi connectivity index (χ2n) is 5.02. The number of amides is 1. The number of aryl methyl sites for hydroxylation is 1. The Morgan fingerprint density at radius 2 is 2.05 bits per heavy atom. The van der Waals surface area contributed by atoms with Gasteiger partial charge >= 0.3 is 0 Å². The van der Waals surface area contributed by atoms with E-state index < -0.39 is 0 Å². The van der Waals surface area contributed by atoms with Gasteiger partial charge in [-0.3, -0.25) is 4.79 Å². The number of anilines is 2. The molecule has 0 unspecified atom stereocenters. The summed E-state index contributed by atoms with van der Waals surface area (Å²) in [5, 5.41) is 3.41. The lowest BCUT2D eigenvalue weighted by Gasteiger charge is -2.10. The maximum atomic E-state index is 12.2. The van der Waals surface area contributed by atoms with E-state index in [4.69, 9.17) is 22.1 Å². The summed E-state index contributed by atoms with van der Waals surface area (Å²) in [5.74, 6) is 0.352. The van der Waals surface area contributed by atoms with Crippen LogP contribution in [-0.2, 0) is 0 Å². The summed E-state index contributed by atoms with van der Waals surface area (Å²) in [4.78, 5) is 12.2. The van der Waals surface area contributed by atoms with Crippen LogP contribution < -0.4 is 15.8 Å². The molecule has 0 aliphatic carbocycles. The number of nitrogen functional groups attached to an aromatic ring is 1. The van der Waals surface area contributed by atoms with E-state index >= 15 is 0 Å². The molecule has 5 heteroatoms. The second-order valence-corrected chi connectivity index (χ2v) is 5.43. The van der Waals surface area contributed by atoms with Gasteiger partial charge in [-0.25, -0.2) is 0 Å². The second kappa shape index (κ2) is 7.18. The van der Waals surface area contributed by atoms with Crippen LogP contribution in [0.2, 0.25) is 5.02 Å². The van der Waals surface area contributed by atoms with Crippen LogP contribution in [0.1, 0.15) is 29.3 Å². The molecular formula is C17H19ClN2O2. The van der Waals surface area contributed by atoms with Crippen LogP contribution in [0.15, 0.2) is 36.4 Å². The predicted octanol–water partition coefficient (Wildman–Crippen LogP) is 4.27. The highest BCUT2D eigenvalue weighted by atomic mass is 35.5. The van der Waals surface area contributed by atoms with Gasteiger partial charge in [-0.15, -0.1) is 0 Å². The molecule has 0 saturated carbocycles. The van der Waals surface area contributed by atoms with E-state index in [2.05, 4.69) is 5.32 Å². The monoisotopic (exact) mass is 318 g/mol. The fourth-order valence-electron chi connectivity index (χ4n) is 1.91. The van der Waals surface area contributed by atoms with Crippen molar-refractivity contribution in [3.63, 3.8) is 0 Å². The highest BCUT2D eigenvalue weighted by Gasteiger charge is 2.10.